The van der Waals surface area contributed by atoms with Crippen LogP contribution < -0.4 is 15.4 Å². The summed E-state index contributed by atoms with van der Waals surface area (Å²) in [6, 6.07) is 9.27. The molecule has 3 atom stereocenters. The molecular weight excluding hydrogens is 594 g/mol. The van der Waals surface area contributed by atoms with Crippen LogP contribution in [-0.4, -0.2) is 117 Å². The number of amides is 5. The fraction of sp³-hybridized carbons (Fsp3) is 0.562. The van der Waals surface area contributed by atoms with Crippen LogP contribution in [0.5, 0.6) is 5.88 Å². The second-order valence-electron chi connectivity index (χ2n) is 12.2. The smallest absolute Gasteiger partial charge is 0.407 e. The van der Waals surface area contributed by atoms with Gasteiger partial charge in [0, 0.05) is 44.8 Å². The Kier molecular flexibility index (Phi) is 10.4. The highest BCUT2D eigenvalue weighted by Gasteiger charge is 2.36. The van der Waals surface area contributed by atoms with E-state index < -0.39 is 24.1 Å². The van der Waals surface area contributed by atoms with Crippen LogP contribution >= 0.6 is 0 Å². The molecule has 248 valence electrons. The molecule has 3 aliphatic rings. The Morgan fingerprint density at radius 2 is 1.67 bits per heavy atom. The number of piperazine rings is 1. The molecule has 1 aliphatic carbocycles. The lowest BCUT2D eigenvalue weighted by atomic mass is 9.93. The van der Waals surface area contributed by atoms with Crippen molar-refractivity contribution < 1.29 is 33.8 Å². The molecule has 0 spiro atoms. The molecule has 2 aliphatic heterocycles. The molecule has 0 bridgehead atoms. The second kappa shape index (κ2) is 14.6. The maximum atomic E-state index is 13.6. The van der Waals surface area contributed by atoms with E-state index >= 15 is 0 Å². The SMILES string of the molecule is CC[C@H](C)[C@H](NC(=O)c1cc(OCC(=O)N2CCCC2C(=O)NC2CCC2)n(-c2ccccc2)n1)C(=O)N1CCN(C(=O)O)CC1. The fourth-order valence-corrected chi connectivity index (χ4v) is 5.95. The number of carboxylic acid groups (broad SMARTS) is 1. The van der Waals surface area contributed by atoms with Gasteiger partial charge in [0.1, 0.15) is 12.1 Å². The number of benzene rings is 1. The van der Waals surface area contributed by atoms with Gasteiger partial charge in [-0.15, -0.1) is 0 Å². The highest BCUT2D eigenvalue weighted by molar-refractivity contribution is 5.96. The minimum atomic E-state index is -1.03. The van der Waals surface area contributed by atoms with Crippen molar-refractivity contribution in [3.05, 3.63) is 42.1 Å². The van der Waals surface area contributed by atoms with Crippen LogP contribution in [0.25, 0.3) is 5.69 Å². The number of para-hydroxylation sites is 1. The predicted molar refractivity (Wildman–Crippen MR) is 166 cm³/mol. The Morgan fingerprint density at radius 1 is 0.978 bits per heavy atom. The molecule has 2 aromatic rings. The Morgan fingerprint density at radius 3 is 2.30 bits per heavy atom. The highest BCUT2D eigenvalue weighted by Crippen LogP contribution is 2.24. The number of likely N-dealkylation sites (tertiary alicyclic amines) is 1. The third-order valence-corrected chi connectivity index (χ3v) is 9.21. The third kappa shape index (κ3) is 7.43. The molecule has 14 nitrogen and oxygen atoms in total. The van der Waals surface area contributed by atoms with Crippen molar-refractivity contribution in [2.75, 3.05) is 39.3 Å². The Labute approximate surface area is 268 Å². The zero-order chi connectivity index (χ0) is 32.8. The lowest BCUT2D eigenvalue weighted by molar-refractivity contribution is -0.140. The summed E-state index contributed by atoms with van der Waals surface area (Å²) in [6.07, 6.45) is 3.95. The summed E-state index contributed by atoms with van der Waals surface area (Å²) in [5.74, 6) is -1.36. The van der Waals surface area contributed by atoms with Crippen LogP contribution in [0, 0.1) is 5.92 Å². The molecule has 14 heteroatoms. The number of aromatic nitrogens is 2. The van der Waals surface area contributed by atoms with Gasteiger partial charge in [0.2, 0.25) is 17.7 Å². The zero-order valence-electron chi connectivity index (χ0n) is 26.4. The molecule has 1 aromatic carbocycles. The molecule has 46 heavy (non-hydrogen) atoms. The highest BCUT2D eigenvalue weighted by atomic mass is 16.5. The van der Waals surface area contributed by atoms with Gasteiger partial charge in [-0.3, -0.25) is 19.2 Å². The van der Waals surface area contributed by atoms with E-state index in [2.05, 4.69) is 15.7 Å². The van der Waals surface area contributed by atoms with E-state index in [4.69, 9.17) is 4.74 Å². The molecule has 5 rings (SSSR count). The van der Waals surface area contributed by atoms with Crippen molar-refractivity contribution in [1.29, 1.82) is 0 Å². The zero-order valence-corrected chi connectivity index (χ0v) is 26.4. The van der Waals surface area contributed by atoms with Crippen LogP contribution in [-0.2, 0) is 14.4 Å². The van der Waals surface area contributed by atoms with Crippen LogP contribution in [0.4, 0.5) is 4.79 Å². The number of hydrogen-bond donors (Lipinski definition) is 3. The van der Waals surface area contributed by atoms with Gasteiger partial charge in [-0.1, -0.05) is 38.5 Å². The number of hydrogen-bond acceptors (Lipinski definition) is 7. The van der Waals surface area contributed by atoms with E-state index in [1.807, 2.05) is 32.0 Å². The summed E-state index contributed by atoms with van der Waals surface area (Å²) >= 11 is 0. The van der Waals surface area contributed by atoms with Gasteiger partial charge < -0.3 is 35.2 Å². The van der Waals surface area contributed by atoms with Crippen molar-refractivity contribution in [2.45, 2.75) is 70.5 Å². The van der Waals surface area contributed by atoms with Crippen LogP contribution in [0.3, 0.4) is 0 Å². The van der Waals surface area contributed by atoms with Gasteiger partial charge in [0.25, 0.3) is 11.8 Å². The number of rotatable bonds is 11. The minimum Gasteiger partial charge on any atom is -0.467 e. The first-order valence-corrected chi connectivity index (χ1v) is 16.1. The first kappa shape index (κ1) is 32.8. The van der Waals surface area contributed by atoms with Gasteiger partial charge in [0.15, 0.2) is 12.3 Å². The summed E-state index contributed by atoms with van der Waals surface area (Å²) in [5, 5.41) is 19.6. The van der Waals surface area contributed by atoms with Gasteiger partial charge >= 0.3 is 6.09 Å². The number of carbonyl (C=O) groups excluding carboxylic acids is 4. The topological polar surface area (TPSA) is 166 Å². The Balaban J connectivity index is 1.29. The number of nitrogens with one attached hydrogen (secondary N) is 2. The molecule has 3 fully saturated rings. The average molecular weight is 638 g/mol. The molecule has 1 unspecified atom stereocenters. The monoisotopic (exact) mass is 637 g/mol. The quantitative estimate of drug-likeness (QED) is 0.336. The Bertz CT molecular complexity index is 1420. The molecule has 5 amide bonds. The summed E-state index contributed by atoms with van der Waals surface area (Å²) in [7, 11) is 0. The molecule has 3 heterocycles. The maximum Gasteiger partial charge on any atom is 0.407 e. The molecular formula is C32H43N7O7. The third-order valence-electron chi connectivity index (χ3n) is 9.21. The van der Waals surface area contributed by atoms with E-state index in [9.17, 15) is 29.1 Å². The lowest BCUT2D eigenvalue weighted by Crippen LogP contribution is -2.57. The van der Waals surface area contributed by atoms with Crippen molar-refractivity contribution in [3.8, 4) is 11.6 Å². The van der Waals surface area contributed by atoms with Crippen LogP contribution in [0.15, 0.2) is 36.4 Å². The first-order valence-electron chi connectivity index (χ1n) is 16.1. The standard InChI is InChI=1S/C32H43N7O7/c1-3-21(2)28(31(43)36-15-17-37(18-16-36)32(44)45)34-29(41)24-19-27(39(35-24)23-11-5-4-6-12-23)46-20-26(40)38-14-8-13-25(38)30(42)33-22-9-7-10-22/h4-6,11-12,19,21-22,25,28H,3,7-10,13-18,20H2,1-2H3,(H,33,42)(H,34,41)(H,44,45)/t21-,25?,28-/m0/s1. The van der Waals surface area contributed by atoms with Crippen molar-refractivity contribution in [1.82, 2.24) is 35.1 Å². The molecule has 2 saturated heterocycles. The average Bonchev–Trinajstić information content (AvgIpc) is 3.72. The van der Waals surface area contributed by atoms with E-state index in [0.717, 1.165) is 25.7 Å². The van der Waals surface area contributed by atoms with Crippen molar-refractivity contribution >= 4 is 29.7 Å². The maximum absolute atomic E-state index is 13.6. The van der Waals surface area contributed by atoms with E-state index in [0.29, 0.717) is 25.1 Å². The van der Waals surface area contributed by atoms with Gasteiger partial charge in [0.05, 0.1) is 5.69 Å². The first-order chi connectivity index (χ1) is 22.2. The molecule has 1 aromatic heterocycles. The lowest BCUT2D eigenvalue weighted by Gasteiger charge is -2.36. The van der Waals surface area contributed by atoms with Crippen LogP contribution in [0.2, 0.25) is 0 Å². The van der Waals surface area contributed by atoms with Gasteiger partial charge in [-0.2, -0.15) is 5.10 Å². The largest absolute Gasteiger partial charge is 0.467 e. The van der Waals surface area contributed by atoms with E-state index in [1.165, 1.54) is 15.6 Å². The second-order valence-corrected chi connectivity index (χ2v) is 12.2. The number of ether oxygens (including phenoxy) is 1. The summed E-state index contributed by atoms with van der Waals surface area (Å²) in [5.41, 5.74) is 0.607. The predicted octanol–water partition coefficient (Wildman–Crippen LogP) is 1.88. The summed E-state index contributed by atoms with van der Waals surface area (Å²) in [6.45, 7) is 4.80. The normalized spacial score (nSPS) is 19.6. The van der Waals surface area contributed by atoms with E-state index in [-0.39, 0.29) is 74.0 Å². The molecule has 3 N–H and O–H groups in total. The van der Waals surface area contributed by atoms with Crippen molar-refractivity contribution in [2.24, 2.45) is 5.92 Å². The van der Waals surface area contributed by atoms with Crippen molar-refractivity contribution in [3.63, 3.8) is 0 Å². The van der Waals surface area contributed by atoms with Gasteiger partial charge in [-0.05, 0) is 50.2 Å². The fourth-order valence-electron chi connectivity index (χ4n) is 5.95. The van der Waals surface area contributed by atoms with Crippen LogP contribution in [0.1, 0.15) is 62.9 Å². The van der Waals surface area contributed by atoms with Gasteiger partial charge in [-0.25, -0.2) is 9.48 Å². The molecule has 1 saturated carbocycles. The Hall–Kier alpha value is -4.62. The minimum absolute atomic E-state index is 0.00188. The summed E-state index contributed by atoms with van der Waals surface area (Å²) in [4.78, 5) is 68.9. The van der Waals surface area contributed by atoms with E-state index in [1.54, 1.807) is 21.9 Å². The number of carbonyl (C=O) groups is 5. The summed E-state index contributed by atoms with van der Waals surface area (Å²) < 4.78 is 7.38. The number of nitrogens with zero attached hydrogens (tertiary/aromatic N) is 5. The molecule has 0 radical (unpaired) electrons.